The van der Waals surface area contributed by atoms with Gasteiger partial charge in [0, 0.05) is 19.9 Å². The molecule has 3 atom stereocenters. The second kappa shape index (κ2) is 13.5. The van der Waals surface area contributed by atoms with Crippen LogP contribution in [0.25, 0.3) is 10.8 Å². The number of likely N-dealkylation sites (N-methyl/N-ethyl adjacent to an activating group) is 1. The number of hydrogen-bond donors (Lipinski definition) is 2. The molecule has 0 bridgehead atoms. The summed E-state index contributed by atoms with van der Waals surface area (Å²) in [6.07, 6.45) is -1.01. The molecule has 2 N–H and O–H groups in total. The lowest BCUT2D eigenvalue weighted by Crippen LogP contribution is -2.56. The molecule has 10 heteroatoms. The second-order valence-electron chi connectivity index (χ2n) is 12.7. The van der Waals surface area contributed by atoms with E-state index in [2.05, 4.69) is 10.6 Å². The minimum absolute atomic E-state index is 0.0515. The molecule has 1 heterocycles. The van der Waals surface area contributed by atoms with Crippen LogP contribution in [0.2, 0.25) is 0 Å². The molecule has 0 spiro atoms. The third kappa shape index (κ3) is 8.61. The highest BCUT2D eigenvalue weighted by Crippen LogP contribution is 2.25. The van der Waals surface area contributed by atoms with Gasteiger partial charge in [-0.25, -0.2) is 4.79 Å². The number of benzene rings is 2. The Morgan fingerprint density at radius 3 is 2.10 bits per heavy atom. The molecule has 1 saturated heterocycles. The number of carbonyl (C=O) groups excluding carboxylic acids is 5. The maximum Gasteiger partial charge on any atom is 0.336 e. The summed E-state index contributed by atoms with van der Waals surface area (Å²) in [5.41, 5.74) is -0.732. The Balaban J connectivity index is 1.99. The molecular formula is C32H43N3O7. The van der Waals surface area contributed by atoms with Crippen LogP contribution < -0.4 is 10.6 Å². The fourth-order valence-electron chi connectivity index (χ4n) is 4.88. The third-order valence-corrected chi connectivity index (χ3v) is 7.04. The van der Waals surface area contributed by atoms with Crippen LogP contribution in [0.15, 0.2) is 42.5 Å². The van der Waals surface area contributed by atoms with Gasteiger partial charge in [-0.15, -0.1) is 0 Å². The first-order valence-corrected chi connectivity index (χ1v) is 14.3. The van der Waals surface area contributed by atoms with E-state index in [1.165, 1.54) is 7.05 Å². The van der Waals surface area contributed by atoms with Crippen LogP contribution >= 0.6 is 0 Å². The predicted octanol–water partition coefficient (Wildman–Crippen LogP) is 3.15. The monoisotopic (exact) mass is 581 g/mol. The van der Waals surface area contributed by atoms with Crippen LogP contribution in [-0.2, 0) is 39.9 Å². The highest BCUT2D eigenvalue weighted by atomic mass is 16.6. The van der Waals surface area contributed by atoms with E-state index in [-0.39, 0.29) is 50.1 Å². The van der Waals surface area contributed by atoms with Gasteiger partial charge < -0.3 is 20.1 Å². The van der Waals surface area contributed by atoms with Crippen molar-refractivity contribution in [2.75, 3.05) is 20.2 Å². The molecule has 10 nitrogen and oxygen atoms in total. The summed E-state index contributed by atoms with van der Waals surface area (Å²) in [6, 6.07) is 12.7. The Morgan fingerprint density at radius 2 is 1.52 bits per heavy atom. The van der Waals surface area contributed by atoms with Gasteiger partial charge in [-0.2, -0.15) is 0 Å². The van der Waals surface area contributed by atoms with Gasteiger partial charge >= 0.3 is 5.97 Å². The van der Waals surface area contributed by atoms with E-state index in [1.807, 2.05) is 63.2 Å². The summed E-state index contributed by atoms with van der Waals surface area (Å²) in [7, 11) is 1.49. The zero-order valence-electron chi connectivity index (χ0n) is 25.6. The number of carbonyl (C=O) groups is 5. The lowest BCUT2D eigenvalue weighted by atomic mass is 9.84. The van der Waals surface area contributed by atoms with Gasteiger partial charge in [0.15, 0.2) is 6.10 Å². The van der Waals surface area contributed by atoms with Gasteiger partial charge in [0.1, 0.15) is 11.6 Å². The molecule has 2 aromatic rings. The summed E-state index contributed by atoms with van der Waals surface area (Å²) in [4.78, 5) is 65.8. The Bertz CT molecular complexity index is 1310. The Hall–Kier alpha value is -3.79. The number of ether oxygens (including phenoxy) is 2. The number of esters is 1. The average molecular weight is 582 g/mol. The number of imide groups is 1. The van der Waals surface area contributed by atoms with Crippen molar-refractivity contribution in [1.82, 2.24) is 15.5 Å². The Morgan fingerprint density at radius 1 is 0.905 bits per heavy atom. The fraction of sp³-hybridized carbons (Fsp3) is 0.531. The standard InChI is InChI=1S/C32H43N3O7/c1-31(2,3)27(29(39)33-7)34-28(38)23(19-20-12-13-21-10-8-9-11-22(21)18-20)26(30(40)42-32(4,5)6)41-17-16-35-24(36)14-15-25(35)37/h8-13,18,23,26-27H,14-17,19H2,1-7H3,(H,33,39)(H,34,38)/t23?,26-,27+/m0/s1. The predicted molar refractivity (Wildman–Crippen MR) is 158 cm³/mol. The highest BCUT2D eigenvalue weighted by Gasteiger charge is 2.41. The van der Waals surface area contributed by atoms with Crippen molar-refractivity contribution in [2.24, 2.45) is 11.3 Å². The molecule has 4 amide bonds. The summed E-state index contributed by atoms with van der Waals surface area (Å²) >= 11 is 0. The molecule has 0 saturated carbocycles. The molecule has 1 unspecified atom stereocenters. The number of fused-ring (bicyclic) bond motifs is 1. The van der Waals surface area contributed by atoms with E-state index < -0.39 is 41.0 Å². The minimum Gasteiger partial charge on any atom is -0.458 e. The maximum absolute atomic E-state index is 14.0. The van der Waals surface area contributed by atoms with Crippen LogP contribution in [0.5, 0.6) is 0 Å². The van der Waals surface area contributed by atoms with E-state index in [0.717, 1.165) is 21.2 Å². The molecule has 1 fully saturated rings. The number of nitrogens with one attached hydrogen (secondary N) is 2. The maximum atomic E-state index is 14.0. The van der Waals surface area contributed by atoms with Crippen molar-refractivity contribution in [1.29, 1.82) is 0 Å². The van der Waals surface area contributed by atoms with Crippen LogP contribution in [0.1, 0.15) is 59.9 Å². The largest absolute Gasteiger partial charge is 0.458 e. The molecule has 2 aromatic carbocycles. The molecule has 0 aliphatic carbocycles. The van der Waals surface area contributed by atoms with Gasteiger partial charge in [-0.3, -0.25) is 24.1 Å². The number of likely N-dealkylation sites (tertiary alicyclic amines) is 1. The van der Waals surface area contributed by atoms with Crippen LogP contribution in [0.4, 0.5) is 0 Å². The molecule has 42 heavy (non-hydrogen) atoms. The molecule has 1 aliphatic rings. The lowest BCUT2D eigenvalue weighted by molar-refractivity contribution is -0.175. The third-order valence-electron chi connectivity index (χ3n) is 7.04. The summed E-state index contributed by atoms with van der Waals surface area (Å²) < 4.78 is 11.7. The highest BCUT2D eigenvalue weighted by molar-refractivity contribution is 6.01. The van der Waals surface area contributed by atoms with Gasteiger partial charge in [-0.05, 0) is 48.9 Å². The number of rotatable bonds is 11. The number of nitrogens with zero attached hydrogens (tertiary/aromatic N) is 1. The van der Waals surface area contributed by atoms with Gasteiger partial charge in [0.05, 0.1) is 19.1 Å². The molecule has 228 valence electrons. The van der Waals surface area contributed by atoms with Crippen LogP contribution in [0, 0.1) is 11.3 Å². The van der Waals surface area contributed by atoms with E-state index in [0.29, 0.717) is 0 Å². The average Bonchev–Trinajstić information content (AvgIpc) is 3.23. The van der Waals surface area contributed by atoms with Crippen molar-refractivity contribution < 1.29 is 33.4 Å². The summed E-state index contributed by atoms with van der Waals surface area (Å²) in [5.74, 6) is -3.39. The normalized spacial score (nSPS) is 16.2. The quantitative estimate of drug-likeness (QED) is 0.308. The summed E-state index contributed by atoms with van der Waals surface area (Å²) in [6.45, 7) is 10.4. The van der Waals surface area contributed by atoms with Crippen molar-refractivity contribution in [3.05, 3.63) is 48.0 Å². The van der Waals surface area contributed by atoms with Crippen LogP contribution in [-0.4, -0.2) is 72.4 Å². The molecular weight excluding hydrogens is 538 g/mol. The van der Waals surface area contributed by atoms with Gasteiger partial charge in [0.25, 0.3) is 0 Å². The molecule has 1 aliphatic heterocycles. The molecule has 0 aromatic heterocycles. The first kappa shape index (κ1) is 32.7. The number of hydrogen-bond acceptors (Lipinski definition) is 7. The van der Waals surface area contributed by atoms with Gasteiger partial charge in [-0.1, -0.05) is 63.2 Å². The second-order valence-corrected chi connectivity index (χ2v) is 12.7. The first-order chi connectivity index (χ1) is 19.6. The van der Waals surface area contributed by atoms with Crippen molar-refractivity contribution in [3.63, 3.8) is 0 Å². The van der Waals surface area contributed by atoms with Crippen LogP contribution in [0.3, 0.4) is 0 Å². The number of amides is 4. The van der Waals surface area contributed by atoms with E-state index in [9.17, 15) is 24.0 Å². The van der Waals surface area contributed by atoms with E-state index in [1.54, 1.807) is 20.8 Å². The first-order valence-electron chi connectivity index (χ1n) is 14.3. The Kier molecular flexibility index (Phi) is 10.5. The van der Waals surface area contributed by atoms with Crippen molar-refractivity contribution in [3.8, 4) is 0 Å². The molecule has 0 radical (unpaired) electrons. The topological polar surface area (TPSA) is 131 Å². The smallest absolute Gasteiger partial charge is 0.336 e. The minimum atomic E-state index is -1.38. The van der Waals surface area contributed by atoms with Crippen molar-refractivity contribution >= 4 is 40.4 Å². The zero-order valence-corrected chi connectivity index (χ0v) is 25.6. The van der Waals surface area contributed by atoms with E-state index in [4.69, 9.17) is 9.47 Å². The van der Waals surface area contributed by atoms with Crippen molar-refractivity contribution in [2.45, 2.75) is 78.6 Å². The fourth-order valence-corrected chi connectivity index (χ4v) is 4.88. The zero-order chi connectivity index (χ0) is 31.2. The van der Waals surface area contributed by atoms with Gasteiger partial charge in [0.2, 0.25) is 23.6 Å². The SMILES string of the molecule is CNC(=O)[C@@H](NC(=O)C(Cc1ccc2ccccc2c1)[C@H](OCCN1C(=O)CCC1=O)C(=O)OC(C)(C)C)C(C)(C)C. The Labute approximate surface area is 247 Å². The molecule has 3 rings (SSSR count). The van der Waals surface area contributed by atoms with E-state index >= 15 is 0 Å². The lowest BCUT2D eigenvalue weighted by Gasteiger charge is -2.33. The summed E-state index contributed by atoms with van der Waals surface area (Å²) in [5, 5.41) is 7.44.